The number of aromatic nitrogens is 1. The SMILES string of the molecule is CCOCCCNC(=O)c1coc(-c2ccc(N)cc2)n1. The first-order valence-corrected chi connectivity index (χ1v) is 6.88. The molecule has 0 atom stereocenters. The first kappa shape index (κ1) is 15.1. The molecule has 0 fully saturated rings. The molecule has 112 valence electrons. The van der Waals surface area contributed by atoms with Crippen LogP contribution in [-0.4, -0.2) is 30.6 Å². The lowest BCUT2D eigenvalue weighted by molar-refractivity contribution is 0.0939. The van der Waals surface area contributed by atoms with Crippen LogP contribution in [0.25, 0.3) is 11.5 Å². The summed E-state index contributed by atoms with van der Waals surface area (Å²) in [7, 11) is 0. The van der Waals surface area contributed by atoms with Gasteiger partial charge in [-0.25, -0.2) is 4.98 Å². The molecular weight excluding hydrogens is 270 g/mol. The number of oxazole rings is 1. The van der Waals surface area contributed by atoms with E-state index in [-0.39, 0.29) is 11.6 Å². The van der Waals surface area contributed by atoms with E-state index in [4.69, 9.17) is 14.9 Å². The number of anilines is 1. The Bertz CT molecular complexity index is 578. The number of carbonyl (C=O) groups is 1. The number of carbonyl (C=O) groups excluding carboxylic acids is 1. The second-order valence-electron chi connectivity index (χ2n) is 4.47. The first-order chi connectivity index (χ1) is 10.2. The molecule has 0 spiro atoms. The molecule has 2 aromatic rings. The third-order valence-electron chi connectivity index (χ3n) is 2.85. The van der Waals surface area contributed by atoms with Gasteiger partial charge >= 0.3 is 0 Å². The minimum absolute atomic E-state index is 0.253. The summed E-state index contributed by atoms with van der Waals surface area (Å²) in [6.45, 7) is 3.80. The van der Waals surface area contributed by atoms with Crippen molar-refractivity contribution in [2.75, 3.05) is 25.5 Å². The number of ether oxygens (including phenoxy) is 1. The maximum atomic E-state index is 11.9. The number of amides is 1. The van der Waals surface area contributed by atoms with Gasteiger partial charge in [0.1, 0.15) is 6.26 Å². The molecule has 0 aliphatic rings. The number of nitrogens with zero attached hydrogens (tertiary/aromatic N) is 1. The van der Waals surface area contributed by atoms with Crippen molar-refractivity contribution in [3.8, 4) is 11.5 Å². The Kier molecular flexibility index (Phi) is 5.34. The third kappa shape index (κ3) is 4.32. The van der Waals surface area contributed by atoms with Crippen molar-refractivity contribution < 1.29 is 13.9 Å². The highest BCUT2D eigenvalue weighted by molar-refractivity contribution is 5.92. The topological polar surface area (TPSA) is 90.4 Å². The highest BCUT2D eigenvalue weighted by Crippen LogP contribution is 2.19. The van der Waals surface area contributed by atoms with Crippen molar-refractivity contribution in [2.45, 2.75) is 13.3 Å². The first-order valence-electron chi connectivity index (χ1n) is 6.88. The Morgan fingerprint density at radius 2 is 2.14 bits per heavy atom. The van der Waals surface area contributed by atoms with Gasteiger partial charge in [0.05, 0.1) is 0 Å². The van der Waals surface area contributed by atoms with Gasteiger partial charge in [-0.15, -0.1) is 0 Å². The van der Waals surface area contributed by atoms with Gasteiger partial charge in [0.15, 0.2) is 5.69 Å². The monoisotopic (exact) mass is 289 g/mol. The fourth-order valence-corrected chi connectivity index (χ4v) is 1.75. The second-order valence-corrected chi connectivity index (χ2v) is 4.47. The van der Waals surface area contributed by atoms with Gasteiger partial charge in [-0.05, 0) is 37.6 Å². The van der Waals surface area contributed by atoms with E-state index in [1.54, 1.807) is 24.3 Å². The van der Waals surface area contributed by atoms with Crippen LogP contribution in [0.4, 0.5) is 5.69 Å². The quantitative estimate of drug-likeness (QED) is 0.601. The van der Waals surface area contributed by atoms with Crippen molar-refractivity contribution in [1.82, 2.24) is 10.3 Å². The highest BCUT2D eigenvalue weighted by Gasteiger charge is 2.12. The summed E-state index contributed by atoms with van der Waals surface area (Å²) in [6, 6.07) is 7.11. The minimum Gasteiger partial charge on any atom is -0.444 e. The molecule has 2 rings (SSSR count). The molecule has 0 radical (unpaired) electrons. The van der Waals surface area contributed by atoms with E-state index in [0.29, 0.717) is 31.3 Å². The van der Waals surface area contributed by atoms with Crippen molar-refractivity contribution in [3.05, 3.63) is 36.2 Å². The van der Waals surface area contributed by atoms with Crippen molar-refractivity contribution in [2.24, 2.45) is 0 Å². The van der Waals surface area contributed by atoms with E-state index >= 15 is 0 Å². The maximum absolute atomic E-state index is 11.9. The molecule has 1 amide bonds. The molecule has 0 saturated carbocycles. The van der Waals surface area contributed by atoms with Gasteiger partial charge in [0.2, 0.25) is 5.89 Å². The molecule has 1 aromatic carbocycles. The van der Waals surface area contributed by atoms with Crippen LogP contribution < -0.4 is 11.1 Å². The zero-order chi connectivity index (χ0) is 15.1. The second kappa shape index (κ2) is 7.44. The van der Waals surface area contributed by atoms with Crippen molar-refractivity contribution >= 4 is 11.6 Å². The van der Waals surface area contributed by atoms with Crippen molar-refractivity contribution in [1.29, 1.82) is 0 Å². The van der Waals surface area contributed by atoms with Crippen LogP contribution in [0, 0.1) is 0 Å². The molecule has 0 aliphatic carbocycles. The lowest BCUT2D eigenvalue weighted by Crippen LogP contribution is -2.25. The summed E-state index contributed by atoms with van der Waals surface area (Å²) in [5.41, 5.74) is 7.33. The average molecular weight is 289 g/mol. The predicted molar refractivity (Wildman–Crippen MR) is 79.8 cm³/mol. The summed E-state index contributed by atoms with van der Waals surface area (Å²) >= 11 is 0. The Labute approximate surface area is 123 Å². The highest BCUT2D eigenvalue weighted by atomic mass is 16.5. The zero-order valence-electron chi connectivity index (χ0n) is 12.0. The summed E-state index contributed by atoms with van der Waals surface area (Å²) in [5.74, 6) is 0.145. The van der Waals surface area contributed by atoms with Crippen LogP contribution in [0.5, 0.6) is 0 Å². The molecular formula is C15H19N3O3. The van der Waals surface area contributed by atoms with Crippen LogP contribution in [0.3, 0.4) is 0 Å². The van der Waals surface area contributed by atoms with Gasteiger partial charge in [-0.3, -0.25) is 4.79 Å². The normalized spacial score (nSPS) is 10.5. The fourth-order valence-electron chi connectivity index (χ4n) is 1.75. The molecule has 0 bridgehead atoms. The molecule has 6 nitrogen and oxygen atoms in total. The van der Waals surface area contributed by atoms with E-state index in [1.165, 1.54) is 6.26 Å². The number of nitrogens with two attached hydrogens (primary N) is 1. The largest absolute Gasteiger partial charge is 0.444 e. The number of hydrogen-bond donors (Lipinski definition) is 2. The van der Waals surface area contributed by atoms with Crippen LogP contribution in [0.15, 0.2) is 34.9 Å². The Hall–Kier alpha value is -2.34. The summed E-state index contributed by atoms with van der Waals surface area (Å²) in [6.07, 6.45) is 2.12. The van der Waals surface area contributed by atoms with E-state index in [2.05, 4.69) is 10.3 Å². The van der Waals surface area contributed by atoms with Crippen LogP contribution >= 0.6 is 0 Å². The van der Waals surface area contributed by atoms with E-state index in [0.717, 1.165) is 12.0 Å². The van der Waals surface area contributed by atoms with Crippen LogP contribution in [0.1, 0.15) is 23.8 Å². The molecule has 0 unspecified atom stereocenters. The standard InChI is InChI=1S/C15H19N3O3/c1-2-20-9-3-8-17-14(19)13-10-21-15(18-13)11-4-6-12(16)7-5-11/h4-7,10H,2-3,8-9,16H2,1H3,(H,17,19). The molecule has 1 heterocycles. The minimum atomic E-state index is -0.253. The average Bonchev–Trinajstić information content (AvgIpc) is 2.97. The van der Waals surface area contributed by atoms with Gasteiger partial charge in [0, 0.05) is 31.0 Å². The third-order valence-corrected chi connectivity index (χ3v) is 2.85. The van der Waals surface area contributed by atoms with Crippen LogP contribution in [0.2, 0.25) is 0 Å². The number of hydrogen-bond acceptors (Lipinski definition) is 5. The molecule has 0 saturated heterocycles. The van der Waals surface area contributed by atoms with E-state index in [9.17, 15) is 4.79 Å². The Morgan fingerprint density at radius 3 is 2.86 bits per heavy atom. The zero-order valence-corrected chi connectivity index (χ0v) is 12.0. The smallest absolute Gasteiger partial charge is 0.273 e. The number of rotatable bonds is 7. The number of benzene rings is 1. The van der Waals surface area contributed by atoms with Crippen LogP contribution in [-0.2, 0) is 4.74 Å². The molecule has 0 aliphatic heterocycles. The number of nitrogen functional groups attached to an aromatic ring is 1. The molecule has 1 aromatic heterocycles. The van der Waals surface area contributed by atoms with Gasteiger partial charge < -0.3 is 20.2 Å². The van der Waals surface area contributed by atoms with Gasteiger partial charge in [-0.2, -0.15) is 0 Å². The Morgan fingerprint density at radius 1 is 1.38 bits per heavy atom. The van der Waals surface area contributed by atoms with E-state index < -0.39 is 0 Å². The van der Waals surface area contributed by atoms with Crippen molar-refractivity contribution in [3.63, 3.8) is 0 Å². The Balaban J connectivity index is 1.90. The predicted octanol–water partition coefficient (Wildman–Crippen LogP) is 2.08. The summed E-state index contributed by atoms with van der Waals surface area (Å²) in [4.78, 5) is 16.1. The molecule has 21 heavy (non-hydrogen) atoms. The molecule has 6 heteroatoms. The summed E-state index contributed by atoms with van der Waals surface area (Å²) < 4.78 is 10.5. The lowest BCUT2D eigenvalue weighted by atomic mass is 10.2. The fraction of sp³-hybridized carbons (Fsp3) is 0.333. The maximum Gasteiger partial charge on any atom is 0.273 e. The van der Waals surface area contributed by atoms with E-state index in [1.807, 2.05) is 6.92 Å². The lowest BCUT2D eigenvalue weighted by Gasteiger charge is -2.02. The summed E-state index contributed by atoms with van der Waals surface area (Å²) in [5, 5.41) is 2.77. The number of nitrogens with one attached hydrogen (secondary N) is 1. The van der Waals surface area contributed by atoms with Gasteiger partial charge in [0.25, 0.3) is 5.91 Å². The molecule has 3 N–H and O–H groups in total. The van der Waals surface area contributed by atoms with Gasteiger partial charge in [-0.1, -0.05) is 0 Å².